The molecule has 2 rings (SSSR count). The minimum Gasteiger partial charge on any atom is -0.466 e. The monoisotopic (exact) mass is 319 g/mol. The van der Waals surface area contributed by atoms with Gasteiger partial charge in [0, 0.05) is 13.1 Å². The smallest absolute Gasteiger partial charge is 0.410 e. The van der Waals surface area contributed by atoms with Gasteiger partial charge in [-0.1, -0.05) is 37.3 Å². The van der Waals surface area contributed by atoms with E-state index in [9.17, 15) is 9.59 Å². The SMILES string of the molecule is CCOC(=O)C1(CC)CCCN(C(=O)OCc2ccccc2)C1. The second-order valence-electron chi connectivity index (χ2n) is 5.92. The Bertz CT molecular complexity index is 531. The van der Waals surface area contributed by atoms with Crippen LogP contribution in [0.3, 0.4) is 0 Å². The van der Waals surface area contributed by atoms with Crippen molar-refractivity contribution in [2.24, 2.45) is 5.41 Å². The predicted molar refractivity (Wildman–Crippen MR) is 86.8 cm³/mol. The molecule has 1 amide bonds. The highest BCUT2D eigenvalue weighted by atomic mass is 16.6. The fourth-order valence-corrected chi connectivity index (χ4v) is 2.98. The summed E-state index contributed by atoms with van der Waals surface area (Å²) >= 11 is 0. The van der Waals surface area contributed by atoms with Crippen molar-refractivity contribution in [1.82, 2.24) is 4.90 Å². The van der Waals surface area contributed by atoms with Gasteiger partial charge in [-0.3, -0.25) is 4.79 Å². The van der Waals surface area contributed by atoms with Gasteiger partial charge in [-0.25, -0.2) is 4.79 Å². The highest BCUT2D eigenvalue weighted by Gasteiger charge is 2.43. The molecule has 5 nitrogen and oxygen atoms in total. The van der Waals surface area contributed by atoms with Crippen LogP contribution in [0.1, 0.15) is 38.7 Å². The van der Waals surface area contributed by atoms with E-state index in [-0.39, 0.29) is 18.7 Å². The van der Waals surface area contributed by atoms with Crippen LogP contribution in [-0.4, -0.2) is 36.7 Å². The first-order valence-electron chi connectivity index (χ1n) is 8.24. The molecule has 23 heavy (non-hydrogen) atoms. The number of rotatable bonds is 5. The molecule has 126 valence electrons. The number of carbonyl (C=O) groups excluding carboxylic acids is 2. The van der Waals surface area contributed by atoms with Gasteiger partial charge in [-0.2, -0.15) is 0 Å². The van der Waals surface area contributed by atoms with Crippen LogP contribution in [0, 0.1) is 5.41 Å². The average Bonchev–Trinajstić information content (AvgIpc) is 2.60. The van der Waals surface area contributed by atoms with Crippen molar-refractivity contribution in [1.29, 1.82) is 0 Å². The van der Waals surface area contributed by atoms with Crippen LogP contribution in [0.4, 0.5) is 4.79 Å². The summed E-state index contributed by atoms with van der Waals surface area (Å²) in [6.45, 7) is 5.37. The number of ether oxygens (including phenoxy) is 2. The summed E-state index contributed by atoms with van der Waals surface area (Å²) in [5, 5.41) is 0. The normalized spacial score (nSPS) is 20.9. The Morgan fingerprint density at radius 2 is 1.91 bits per heavy atom. The summed E-state index contributed by atoms with van der Waals surface area (Å²) in [4.78, 5) is 26.2. The fourth-order valence-electron chi connectivity index (χ4n) is 2.98. The summed E-state index contributed by atoms with van der Waals surface area (Å²) in [5.74, 6) is -0.206. The zero-order valence-electron chi connectivity index (χ0n) is 13.9. The van der Waals surface area contributed by atoms with Gasteiger partial charge in [0.1, 0.15) is 6.61 Å². The van der Waals surface area contributed by atoms with E-state index in [4.69, 9.17) is 9.47 Å². The molecule has 0 N–H and O–H groups in total. The van der Waals surface area contributed by atoms with Crippen molar-refractivity contribution in [3.05, 3.63) is 35.9 Å². The lowest BCUT2D eigenvalue weighted by Gasteiger charge is -2.39. The molecule has 1 aromatic rings. The molecule has 1 fully saturated rings. The van der Waals surface area contributed by atoms with Crippen LogP contribution in [0.5, 0.6) is 0 Å². The standard InChI is InChI=1S/C18H25NO4/c1-3-18(16(20)22-4-2)11-8-12-19(14-18)17(21)23-13-15-9-6-5-7-10-15/h5-7,9-10H,3-4,8,11-14H2,1-2H3. The molecule has 1 atom stereocenters. The molecule has 0 spiro atoms. The topological polar surface area (TPSA) is 55.8 Å². The van der Waals surface area contributed by atoms with Crippen LogP contribution in [0.15, 0.2) is 30.3 Å². The molecule has 0 saturated carbocycles. The Balaban J connectivity index is 1.96. The van der Waals surface area contributed by atoms with E-state index in [1.165, 1.54) is 0 Å². The van der Waals surface area contributed by atoms with Crippen molar-refractivity contribution >= 4 is 12.1 Å². The second-order valence-corrected chi connectivity index (χ2v) is 5.92. The van der Waals surface area contributed by atoms with Crippen molar-refractivity contribution in [2.45, 2.75) is 39.7 Å². The van der Waals surface area contributed by atoms with Crippen LogP contribution in [0.2, 0.25) is 0 Å². The summed E-state index contributed by atoms with van der Waals surface area (Å²) in [5.41, 5.74) is 0.352. The minimum absolute atomic E-state index is 0.206. The molecular formula is C18H25NO4. The first kappa shape index (κ1) is 17.3. The van der Waals surface area contributed by atoms with Crippen molar-refractivity contribution in [3.8, 4) is 0 Å². The molecule has 0 radical (unpaired) electrons. The number of amides is 1. The summed E-state index contributed by atoms with van der Waals surface area (Å²) < 4.78 is 10.6. The summed E-state index contributed by atoms with van der Waals surface area (Å²) in [7, 11) is 0. The Morgan fingerprint density at radius 1 is 1.17 bits per heavy atom. The van der Waals surface area contributed by atoms with Crippen LogP contribution >= 0.6 is 0 Å². The number of esters is 1. The largest absolute Gasteiger partial charge is 0.466 e. The maximum absolute atomic E-state index is 12.3. The number of hydrogen-bond acceptors (Lipinski definition) is 4. The first-order chi connectivity index (χ1) is 11.1. The van der Waals surface area contributed by atoms with Crippen LogP contribution < -0.4 is 0 Å². The highest BCUT2D eigenvalue weighted by molar-refractivity contribution is 5.78. The zero-order valence-corrected chi connectivity index (χ0v) is 13.9. The fraction of sp³-hybridized carbons (Fsp3) is 0.556. The number of likely N-dealkylation sites (tertiary alicyclic amines) is 1. The van der Waals surface area contributed by atoms with Crippen molar-refractivity contribution < 1.29 is 19.1 Å². The molecule has 0 aromatic heterocycles. The quantitative estimate of drug-likeness (QED) is 0.781. The van der Waals surface area contributed by atoms with Gasteiger partial charge in [-0.05, 0) is 31.7 Å². The van der Waals surface area contributed by atoms with Gasteiger partial charge >= 0.3 is 12.1 Å². The molecule has 0 aliphatic carbocycles. The molecule has 1 saturated heterocycles. The maximum Gasteiger partial charge on any atom is 0.410 e. The van der Waals surface area contributed by atoms with Crippen LogP contribution in [0.25, 0.3) is 0 Å². The van der Waals surface area contributed by atoms with E-state index >= 15 is 0 Å². The lowest BCUT2D eigenvalue weighted by Crippen LogP contribution is -2.50. The molecule has 1 aliphatic rings. The van der Waals surface area contributed by atoms with E-state index in [1.807, 2.05) is 37.3 Å². The second kappa shape index (κ2) is 7.99. The zero-order chi connectivity index (χ0) is 16.7. The molecular weight excluding hydrogens is 294 g/mol. The third-order valence-electron chi connectivity index (χ3n) is 4.43. The Labute approximate surface area is 137 Å². The highest BCUT2D eigenvalue weighted by Crippen LogP contribution is 2.35. The Kier molecular flexibility index (Phi) is 6.02. The van der Waals surface area contributed by atoms with Gasteiger partial charge < -0.3 is 14.4 Å². The van der Waals surface area contributed by atoms with E-state index in [2.05, 4.69) is 0 Å². The third-order valence-corrected chi connectivity index (χ3v) is 4.43. The summed E-state index contributed by atoms with van der Waals surface area (Å²) in [6, 6.07) is 9.57. The van der Waals surface area contributed by atoms with Crippen molar-refractivity contribution in [3.63, 3.8) is 0 Å². The minimum atomic E-state index is -0.597. The van der Waals surface area contributed by atoms with Gasteiger partial charge in [0.25, 0.3) is 0 Å². The third kappa shape index (κ3) is 4.24. The number of nitrogens with zero attached hydrogens (tertiary/aromatic N) is 1. The number of benzene rings is 1. The summed E-state index contributed by atoms with van der Waals surface area (Å²) in [6.07, 6.45) is 1.84. The number of hydrogen-bond donors (Lipinski definition) is 0. The lowest BCUT2D eigenvalue weighted by atomic mass is 9.77. The maximum atomic E-state index is 12.3. The van der Waals surface area contributed by atoms with E-state index in [0.717, 1.165) is 18.4 Å². The first-order valence-corrected chi connectivity index (χ1v) is 8.24. The van der Waals surface area contributed by atoms with E-state index in [0.29, 0.717) is 26.1 Å². The average molecular weight is 319 g/mol. The number of piperidine rings is 1. The molecule has 1 aliphatic heterocycles. The van der Waals surface area contributed by atoms with E-state index < -0.39 is 5.41 Å². The van der Waals surface area contributed by atoms with Gasteiger partial charge in [0.15, 0.2) is 0 Å². The molecule has 1 heterocycles. The van der Waals surface area contributed by atoms with Gasteiger partial charge in [0.2, 0.25) is 0 Å². The molecule has 1 unspecified atom stereocenters. The lowest BCUT2D eigenvalue weighted by molar-refractivity contribution is -0.158. The van der Waals surface area contributed by atoms with Crippen LogP contribution in [-0.2, 0) is 20.9 Å². The molecule has 1 aromatic carbocycles. The Morgan fingerprint density at radius 3 is 2.57 bits per heavy atom. The Hall–Kier alpha value is -2.04. The molecule has 5 heteroatoms. The van der Waals surface area contributed by atoms with Gasteiger partial charge in [0.05, 0.1) is 12.0 Å². The van der Waals surface area contributed by atoms with Crippen molar-refractivity contribution in [2.75, 3.05) is 19.7 Å². The van der Waals surface area contributed by atoms with E-state index in [1.54, 1.807) is 11.8 Å². The number of carbonyl (C=O) groups is 2. The van der Waals surface area contributed by atoms with Gasteiger partial charge in [-0.15, -0.1) is 0 Å². The predicted octanol–water partition coefficient (Wildman–Crippen LogP) is 3.38. The molecule has 0 bridgehead atoms.